The number of nitrogens with zero attached hydrogens (tertiary/aromatic N) is 1. The number of hydrogen-bond acceptors (Lipinski definition) is 3. The predicted octanol–water partition coefficient (Wildman–Crippen LogP) is 3.40. The molecule has 28 heavy (non-hydrogen) atoms. The molecule has 2 aromatic carbocycles. The van der Waals surface area contributed by atoms with Crippen LogP contribution in [0.2, 0.25) is 0 Å². The molecule has 0 aliphatic carbocycles. The maximum Gasteiger partial charge on any atom is 0.251 e. The standard InChI is InChI=1S/C21H23N3O3S/c1-15-7-8-16(2)24(15)20-11-9-18(10-12-20)21(25)22-14-17-5-4-6-19(13-17)23-28(3,26)27/h4-13,23H,14H2,1-3H3,(H,22,25). The lowest BCUT2D eigenvalue weighted by atomic mass is 10.1. The number of anilines is 1. The predicted molar refractivity (Wildman–Crippen MR) is 111 cm³/mol. The molecule has 0 unspecified atom stereocenters. The Bertz CT molecular complexity index is 1080. The van der Waals surface area contributed by atoms with Crippen LogP contribution in [0.1, 0.15) is 27.3 Å². The summed E-state index contributed by atoms with van der Waals surface area (Å²) in [6.07, 6.45) is 1.10. The number of carbonyl (C=O) groups is 1. The number of hydrogen-bond donors (Lipinski definition) is 2. The highest BCUT2D eigenvalue weighted by atomic mass is 32.2. The molecule has 1 heterocycles. The van der Waals surface area contributed by atoms with Gasteiger partial charge in [-0.25, -0.2) is 8.42 Å². The van der Waals surface area contributed by atoms with Crippen LogP contribution in [0.15, 0.2) is 60.7 Å². The molecule has 1 amide bonds. The monoisotopic (exact) mass is 397 g/mol. The molecule has 7 heteroatoms. The minimum Gasteiger partial charge on any atom is -0.348 e. The number of benzene rings is 2. The lowest BCUT2D eigenvalue weighted by Crippen LogP contribution is -2.22. The van der Waals surface area contributed by atoms with E-state index in [-0.39, 0.29) is 5.91 Å². The highest BCUT2D eigenvalue weighted by Gasteiger charge is 2.08. The first kappa shape index (κ1) is 19.7. The molecule has 0 fully saturated rings. The molecule has 0 radical (unpaired) electrons. The van der Waals surface area contributed by atoms with E-state index in [0.717, 1.165) is 28.9 Å². The molecule has 146 valence electrons. The number of amides is 1. The topological polar surface area (TPSA) is 80.2 Å². The minimum atomic E-state index is -3.34. The first-order chi connectivity index (χ1) is 13.2. The van der Waals surface area contributed by atoms with Gasteiger partial charge in [-0.2, -0.15) is 0 Å². The van der Waals surface area contributed by atoms with E-state index in [1.165, 1.54) is 0 Å². The van der Waals surface area contributed by atoms with Crippen LogP contribution < -0.4 is 10.0 Å². The van der Waals surface area contributed by atoms with Gasteiger partial charge < -0.3 is 9.88 Å². The molecule has 2 N–H and O–H groups in total. The van der Waals surface area contributed by atoms with Crippen molar-refractivity contribution in [1.82, 2.24) is 9.88 Å². The van der Waals surface area contributed by atoms with Crippen LogP contribution in [0.4, 0.5) is 5.69 Å². The molecule has 0 aliphatic heterocycles. The van der Waals surface area contributed by atoms with Crippen molar-refractivity contribution < 1.29 is 13.2 Å². The molecule has 3 rings (SSSR count). The summed E-state index contributed by atoms with van der Waals surface area (Å²) >= 11 is 0. The molecule has 0 atom stereocenters. The molecule has 3 aromatic rings. The third-order valence-corrected chi connectivity index (χ3v) is 4.95. The maximum atomic E-state index is 12.4. The summed E-state index contributed by atoms with van der Waals surface area (Å²) in [5, 5.41) is 2.86. The number of carbonyl (C=O) groups excluding carboxylic acids is 1. The Morgan fingerprint density at radius 3 is 2.21 bits per heavy atom. The van der Waals surface area contributed by atoms with Crippen LogP contribution in [0.3, 0.4) is 0 Å². The van der Waals surface area contributed by atoms with Crippen molar-refractivity contribution in [3.8, 4) is 5.69 Å². The van der Waals surface area contributed by atoms with Crippen LogP contribution >= 0.6 is 0 Å². The van der Waals surface area contributed by atoms with Gasteiger partial charge in [0.1, 0.15) is 0 Å². The van der Waals surface area contributed by atoms with Gasteiger partial charge in [0, 0.05) is 34.9 Å². The summed E-state index contributed by atoms with van der Waals surface area (Å²) in [6, 6.07) is 18.5. The van der Waals surface area contributed by atoms with E-state index in [1.807, 2.05) is 32.0 Å². The lowest BCUT2D eigenvalue weighted by Gasteiger charge is -2.11. The number of nitrogens with one attached hydrogen (secondary N) is 2. The van der Waals surface area contributed by atoms with Gasteiger partial charge in [0.2, 0.25) is 10.0 Å². The van der Waals surface area contributed by atoms with E-state index in [2.05, 4.69) is 26.7 Å². The SMILES string of the molecule is Cc1ccc(C)n1-c1ccc(C(=O)NCc2cccc(NS(C)(=O)=O)c2)cc1. The van der Waals surface area contributed by atoms with Gasteiger partial charge in [0.15, 0.2) is 0 Å². The average Bonchev–Trinajstić information content (AvgIpc) is 2.97. The van der Waals surface area contributed by atoms with Gasteiger partial charge in [-0.05, 0) is 67.9 Å². The van der Waals surface area contributed by atoms with Crippen LogP contribution in [-0.4, -0.2) is 25.1 Å². The number of aryl methyl sites for hydroxylation is 2. The van der Waals surface area contributed by atoms with Crippen LogP contribution in [-0.2, 0) is 16.6 Å². The highest BCUT2D eigenvalue weighted by Crippen LogP contribution is 2.17. The Hall–Kier alpha value is -3.06. The van der Waals surface area contributed by atoms with E-state index < -0.39 is 10.0 Å². The average molecular weight is 398 g/mol. The Kier molecular flexibility index (Phi) is 5.56. The van der Waals surface area contributed by atoms with Gasteiger partial charge in [0.05, 0.1) is 6.26 Å². The van der Waals surface area contributed by atoms with E-state index in [0.29, 0.717) is 17.8 Å². The van der Waals surface area contributed by atoms with E-state index in [9.17, 15) is 13.2 Å². The largest absolute Gasteiger partial charge is 0.348 e. The molecule has 0 saturated carbocycles. The maximum absolute atomic E-state index is 12.4. The van der Waals surface area contributed by atoms with Crippen molar-refractivity contribution in [1.29, 1.82) is 0 Å². The Morgan fingerprint density at radius 2 is 1.61 bits per heavy atom. The van der Waals surface area contributed by atoms with Gasteiger partial charge in [0.25, 0.3) is 5.91 Å². The second-order valence-corrected chi connectivity index (χ2v) is 8.50. The molecular formula is C21H23N3O3S. The second kappa shape index (κ2) is 7.90. The van der Waals surface area contributed by atoms with E-state index >= 15 is 0 Å². The van der Waals surface area contributed by atoms with Crippen LogP contribution in [0.5, 0.6) is 0 Å². The van der Waals surface area contributed by atoms with Crippen molar-refractivity contribution in [2.75, 3.05) is 11.0 Å². The van der Waals surface area contributed by atoms with E-state index in [1.54, 1.807) is 30.3 Å². The molecular weight excluding hydrogens is 374 g/mol. The zero-order valence-corrected chi connectivity index (χ0v) is 16.9. The van der Waals surface area contributed by atoms with Crippen molar-refractivity contribution in [3.05, 3.63) is 83.2 Å². The van der Waals surface area contributed by atoms with Crippen LogP contribution in [0.25, 0.3) is 5.69 Å². The zero-order chi connectivity index (χ0) is 20.3. The molecule has 1 aromatic heterocycles. The highest BCUT2D eigenvalue weighted by molar-refractivity contribution is 7.92. The molecule has 0 bridgehead atoms. The summed E-state index contributed by atoms with van der Waals surface area (Å²) in [5.74, 6) is -0.186. The Labute approximate surface area is 165 Å². The number of sulfonamides is 1. The quantitative estimate of drug-likeness (QED) is 0.669. The van der Waals surface area contributed by atoms with Crippen LogP contribution in [0, 0.1) is 13.8 Å². The molecule has 0 saturated heterocycles. The Morgan fingerprint density at radius 1 is 0.964 bits per heavy atom. The summed E-state index contributed by atoms with van der Waals surface area (Å²) in [7, 11) is -3.34. The third-order valence-electron chi connectivity index (χ3n) is 4.34. The fourth-order valence-electron chi connectivity index (χ4n) is 3.08. The van der Waals surface area contributed by atoms with Crippen molar-refractivity contribution in [2.45, 2.75) is 20.4 Å². The number of aromatic nitrogens is 1. The molecule has 0 spiro atoms. The number of rotatable bonds is 6. The van der Waals surface area contributed by atoms with Crippen molar-refractivity contribution in [2.24, 2.45) is 0 Å². The van der Waals surface area contributed by atoms with Crippen molar-refractivity contribution >= 4 is 21.6 Å². The first-order valence-corrected chi connectivity index (χ1v) is 10.7. The fourth-order valence-corrected chi connectivity index (χ4v) is 3.64. The van der Waals surface area contributed by atoms with Gasteiger partial charge in [-0.15, -0.1) is 0 Å². The third kappa shape index (κ3) is 4.80. The summed E-state index contributed by atoms with van der Waals surface area (Å²) in [4.78, 5) is 12.4. The Balaban J connectivity index is 1.66. The second-order valence-electron chi connectivity index (χ2n) is 6.76. The normalized spacial score (nSPS) is 11.2. The zero-order valence-electron chi connectivity index (χ0n) is 16.1. The molecule has 6 nitrogen and oxygen atoms in total. The van der Waals surface area contributed by atoms with Gasteiger partial charge in [-0.3, -0.25) is 9.52 Å². The van der Waals surface area contributed by atoms with E-state index in [4.69, 9.17) is 0 Å². The lowest BCUT2D eigenvalue weighted by molar-refractivity contribution is 0.0951. The minimum absolute atomic E-state index is 0.186. The van der Waals surface area contributed by atoms with Gasteiger partial charge >= 0.3 is 0 Å². The summed E-state index contributed by atoms with van der Waals surface area (Å²) < 4.78 is 27.2. The summed E-state index contributed by atoms with van der Waals surface area (Å²) in [5.41, 5.74) is 5.12. The fraction of sp³-hybridized carbons (Fsp3) is 0.190. The first-order valence-electron chi connectivity index (χ1n) is 8.83. The van der Waals surface area contributed by atoms with Gasteiger partial charge in [-0.1, -0.05) is 12.1 Å². The smallest absolute Gasteiger partial charge is 0.251 e. The van der Waals surface area contributed by atoms with Crippen molar-refractivity contribution in [3.63, 3.8) is 0 Å². The summed E-state index contributed by atoms with van der Waals surface area (Å²) in [6.45, 7) is 4.39. The molecule has 0 aliphatic rings.